The third-order valence-electron chi connectivity index (χ3n) is 4.87. The van der Waals surface area contributed by atoms with E-state index in [1.165, 1.54) is 6.07 Å². The van der Waals surface area contributed by atoms with E-state index in [0.29, 0.717) is 28.2 Å². The Hall–Kier alpha value is -3.60. The number of ether oxygens (including phenoxy) is 2. The molecule has 5 heteroatoms. The Labute approximate surface area is 167 Å². The van der Waals surface area contributed by atoms with E-state index in [2.05, 4.69) is 0 Å². The minimum absolute atomic E-state index is 0.0886. The molecule has 29 heavy (non-hydrogen) atoms. The van der Waals surface area contributed by atoms with Gasteiger partial charge in [0.05, 0.1) is 12.7 Å². The zero-order valence-corrected chi connectivity index (χ0v) is 16.1. The first kappa shape index (κ1) is 18.7. The normalized spacial score (nSPS) is 10.9. The predicted molar refractivity (Wildman–Crippen MR) is 110 cm³/mol. The van der Waals surface area contributed by atoms with E-state index in [1.807, 2.05) is 25.1 Å². The smallest absolute Gasteiger partial charge is 0.344 e. The van der Waals surface area contributed by atoms with Crippen LogP contribution in [0.4, 0.5) is 4.39 Å². The second-order valence-electron chi connectivity index (χ2n) is 6.66. The van der Waals surface area contributed by atoms with Crippen molar-refractivity contribution in [3.8, 4) is 22.6 Å². The number of hydrogen-bond acceptors (Lipinski definition) is 4. The van der Waals surface area contributed by atoms with Gasteiger partial charge in [-0.25, -0.2) is 9.18 Å². The van der Waals surface area contributed by atoms with Crippen molar-refractivity contribution in [3.63, 3.8) is 0 Å². The minimum Gasteiger partial charge on any atom is -0.497 e. The van der Waals surface area contributed by atoms with Crippen molar-refractivity contribution in [2.45, 2.75) is 13.5 Å². The van der Waals surface area contributed by atoms with E-state index in [0.717, 1.165) is 16.5 Å². The molecule has 0 saturated heterocycles. The van der Waals surface area contributed by atoms with Crippen molar-refractivity contribution < 1.29 is 18.3 Å². The first-order valence-electron chi connectivity index (χ1n) is 9.15. The highest BCUT2D eigenvalue weighted by Crippen LogP contribution is 2.30. The molecule has 146 valence electrons. The molecule has 0 aliphatic heterocycles. The molecule has 0 fully saturated rings. The van der Waals surface area contributed by atoms with E-state index in [-0.39, 0.29) is 12.4 Å². The Balaban J connectivity index is 1.68. The number of fused-ring (bicyclic) bond motifs is 1. The summed E-state index contributed by atoms with van der Waals surface area (Å²) in [6.45, 7) is 1.98. The molecule has 4 rings (SSSR count). The Kier molecular flexibility index (Phi) is 5.04. The molecule has 0 bridgehead atoms. The van der Waals surface area contributed by atoms with Crippen LogP contribution in [0.3, 0.4) is 0 Å². The average Bonchev–Trinajstić information content (AvgIpc) is 2.73. The Morgan fingerprint density at radius 2 is 1.69 bits per heavy atom. The Bertz CT molecular complexity index is 1230. The standard InChI is InChI=1S/C24H19FO4/c1-15-20-12-11-19(28-14-17-5-3-4-6-21(17)25)13-22(20)29-24(26)23(15)16-7-9-18(27-2)10-8-16/h3-13H,14H2,1-2H3. The molecular formula is C24H19FO4. The predicted octanol–water partition coefficient (Wildman–Crippen LogP) is 5.50. The molecule has 0 aliphatic rings. The molecule has 1 heterocycles. The molecule has 1 aromatic heterocycles. The first-order chi connectivity index (χ1) is 14.1. The number of rotatable bonds is 5. The quantitative estimate of drug-likeness (QED) is 0.423. The van der Waals surface area contributed by atoms with E-state index in [9.17, 15) is 9.18 Å². The Morgan fingerprint density at radius 3 is 2.41 bits per heavy atom. The minimum atomic E-state index is -0.425. The van der Waals surface area contributed by atoms with Gasteiger partial charge in [-0.2, -0.15) is 0 Å². The summed E-state index contributed by atoms with van der Waals surface area (Å²) < 4.78 is 30.2. The van der Waals surface area contributed by atoms with E-state index in [4.69, 9.17) is 13.9 Å². The molecule has 4 nitrogen and oxygen atoms in total. The average molecular weight is 390 g/mol. The molecule has 0 atom stereocenters. The van der Waals surface area contributed by atoms with Gasteiger partial charge in [0, 0.05) is 17.0 Å². The lowest BCUT2D eigenvalue weighted by atomic mass is 9.99. The lowest BCUT2D eigenvalue weighted by molar-refractivity contribution is 0.300. The number of hydrogen-bond donors (Lipinski definition) is 0. The number of aryl methyl sites for hydroxylation is 1. The molecule has 0 unspecified atom stereocenters. The van der Waals surface area contributed by atoms with Crippen molar-refractivity contribution in [2.75, 3.05) is 7.11 Å². The summed E-state index contributed by atoms with van der Waals surface area (Å²) in [5.74, 6) is 0.897. The SMILES string of the molecule is COc1ccc(-c2c(C)c3ccc(OCc4ccccc4F)cc3oc2=O)cc1. The highest BCUT2D eigenvalue weighted by atomic mass is 19.1. The molecule has 0 aliphatic carbocycles. The summed E-state index contributed by atoms with van der Waals surface area (Å²) in [5, 5.41) is 0.814. The van der Waals surface area contributed by atoms with Gasteiger partial charge in [-0.15, -0.1) is 0 Å². The lowest BCUT2D eigenvalue weighted by Gasteiger charge is -2.11. The molecule has 4 aromatic rings. The van der Waals surface area contributed by atoms with Gasteiger partial charge in [0.25, 0.3) is 0 Å². The van der Waals surface area contributed by atoms with Crippen molar-refractivity contribution in [1.29, 1.82) is 0 Å². The fraction of sp³-hybridized carbons (Fsp3) is 0.125. The van der Waals surface area contributed by atoms with Crippen LogP contribution in [-0.2, 0) is 6.61 Å². The van der Waals surface area contributed by atoms with Crippen molar-refractivity contribution in [2.24, 2.45) is 0 Å². The van der Waals surface area contributed by atoms with Crippen LogP contribution in [-0.4, -0.2) is 7.11 Å². The van der Waals surface area contributed by atoms with Gasteiger partial charge in [0.1, 0.15) is 29.5 Å². The van der Waals surface area contributed by atoms with Gasteiger partial charge in [-0.3, -0.25) is 0 Å². The monoisotopic (exact) mass is 390 g/mol. The third-order valence-corrected chi connectivity index (χ3v) is 4.87. The molecule has 0 amide bonds. The van der Waals surface area contributed by atoms with E-state index < -0.39 is 5.63 Å². The molecule has 0 N–H and O–H groups in total. The third kappa shape index (κ3) is 3.72. The highest BCUT2D eigenvalue weighted by molar-refractivity contribution is 5.87. The number of halogens is 1. The highest BCUT2D eigenvalue weighted by Gasteiger charge is 2.14. The van der Waals surface area contributed by atoms with Crippen LogP contribution in [0.1, 0.15) is 11.1 Å². The molecule has 0 radical (unpaired) electrons. The summed E-state index contributed by atoms with van der Waals surface area (Å²) >= 11 is 0. The van der Waals surface area contributed by atoms with Crippen molar-refractivity contribution in [1.82, 2.24) is 0 Å². The van der Waals surface area contributed by atoms with Gasteiger partial charge in [0.15, 0.2) is 0 Å². The molecular weight excluding hydrogens is 371 g/mol. The Morgan fingerprint density at radius 1 is 0.966 bits per heavy atom. The second-order valence-corrected chi connectivity index (χ2v) is 6.66. The van der Waals surface area contributed by atoms with Gasteiger partial charge in [0.2, 0.25) is 0 Å². The zero-order valence-electron chi connectivity index (χ0n) is 16.1. The maximum atomic E-state index is 13.8. The summed E-state index contributed by atoms with van der Waals surface area (Å²) in [4.78, 5) is 12.7. The summed E-state index contributed by atoms with van der Waals surface area (Å²) in [5.41, 5.74) is 2.56. The van der Waals surface area contributed by atoms with Gasteiger partial charge in [-0.05, 0) is 48.4 Å². The zero-order chi connectivity index (χ0) is 20.4. The van der Waals surface area contributed by atoms with Crippen LogP contribution >= 0.6 is 0 Å². The van der Waals surface area contributed by atoms with Crippen LogP contribution in [0.25, 0.3) is 22.1 Å². The number of methoxy groups -OCH3 is 1. The maximum Gasteiger partial charge on any atom is 0.344 e. The van der Waals surface area contributed by atoms with Crippen LogP contribution in [0.5, 0.6) is 11.5 Å². The van der Waals surface area contributed by atoms with Crippen molar-refractivity contribution >= 4 is 11.0 Å². The van der Waals surface area contributed by atoms with Crippen molar-refractivity contribution in [3.05, 3.63) is 94.1 Å². The lowest BCUT2D eigenvalue weighted by Crippen LogP contribution is -2.06. The van der Waals surface area contributed by atoms with E-state index >= 15 is 0 Å². The van der Waals surface area contributed by atoms with E-state index in [1.54, 1.807) is 49.6 Å². The molecule has 3 aromatic carbocycles. The van der Waals surface area contributed by atoms with Crippen LogP contribution in [0, 0.1) is 12.7 Å². The van der Waals surface area contributed by atoms with Crippen LogP contribution < -0.4 is 15.1 Å². The summed E-state index contributed by atoms with van der Waals surface area (Å²) in [6, 6.07) is 19.0. The fourth-order valence-electron chi connectivity index (χ4n) is 3.29. The number of benzene rings is 3. The van der Waals surface area contributed by atoms with Gasteiger partial charge in [-0.1, -0.05) is 30.3 Å². The summed E-state index contributed by atoms with van der Waals surface area (Å²) in [6.07, 6.45) is 0. The van der Waals surface area contributed by atoms with Crippen LogP contribution in [0.2, 0.25) is 0 Å². The largest absolute Gasteiger partial charge is 0.497 e. The molecule has 0 saturated carbocycles. The van der Waals surface area contributed by atoms with Gasteiger partial charge >= 0.3 is 5.63 Å². The van der Waals surface area contributed by atoms with Gasteiger partial charge < -0.3 is 13.9 Å². The van der Waals surface area contributed by atoms with Crippen LogP contribution in [0.15, 0.2) is 75.9 Å². The first-order valence-corrected chi connectivity index (χ1v) is 9.15. The summed E-state index contributed by atoms with van der Waals surface area (Å²) in [7, 11) is 1.59. The fourth-order valence-corrected chi connectivity index (χ4v) is 3.29. The topological polar surface area (TPSA) is 48.7 Å². The maximum absolute atomic E-state index is 13.8. The molecule has 0 spiro atoms. The second kappa shape index (κ2) is 7.80.